The molecular weight excluding hydrogens is 254 g/mol. The van der Waals surface area contributed by atoms with Crippen molar-refractivity contribution in [1.29, 1.82) is 0 Å². The number of hydrogen-bond donors (Lipinski definition) is 1. The summed E-state index contributed by atoms with van der Waals surface area (Å²) >= 11 is 0. The molecule has 108 valence electrons. The lowest BCUT2D eigenvalue weighted by molar-refractivity contribution is -0.120. The van der Waals surface area contributed by atoms with Gasteiger partial charge in [0.2, 0.25) is 0 Å². The number of hydrogen-bond acceptors (Lipinski definition) is 4. The second-order valence-corrected chi connectivity index (χ2v) is 5.66. The molecule has 1 saturated heterocycles. The standard InChI is InChI=1S/C15H21N3O2/c1-10-7-16-8-11(2)18(10)12-4-5-14-13(6-12)17(3)15(19)9-20-14/h4-6,10-11,16H,7-9H2,1-3H3. The quantitative estimate of drug-likeness (QED) is 0.837. The number of benzene rings is 1. The van der Waals surface area contributed by atoms with Crippen molar-refractivity contribution < 1.29 is 9.53 Å². The molecule has 5 nitrogen and oxygen atoms in total. The normalized spacial score (nSPS) is 26.2. The van der Waals surface area contributed by atoms with Crippen molar-refractivity contribution in [3.05, 3.63) is 18.2 Å². The van der Waals surface area contributed by atoms with E-state index >= 15 is 0 Å². The summed E-state index contributed by atoms with van der Waals surface area (Å²) in [5, 5.41) is 3.43. The molecule has 2 atom stereocenters. The first-order chi connectivity index (χ1) is 9.58. The van der Waals surface area contributed by atoms with Crippen molar-refractivity contribution >= 4 is 17.3 Å². The number of likely N-dealkylation sites (N-methyl/N-ethyl adjacent to an activating group) is 1. The van der Waals surface area contributed by atoms with Crippen LogP contribution in [0.4, 0.5) is 11.4 Å². The van der Waals surface area contributed by atoms with Crippen molar-refractivity contribution in [1.82, 2.24) is 5.32 Å². The molecule has 0 aromatic heterocycles. The lowest BCUT2D eigenvalue weighted by Crippen LogP contribution is -2.55. The molecule has 1 N–H and O–H groups in total. The maximum atomic E-state index is 11.8. The van der Waals surface area contributed by atoms with Crippen LogP contribution in [0.3, 0.4) is 0 Å². The van der Waals surface area contributed by atoms with Gasteiger partial charge in [0.05, 0.1) is 5.69 Å². The number of amides is 1. The summed E-state index contributed by atoms with van der Waals surface area (Å²) in [6, 6.07) is 6.98. The number of piperazine rings is 1. The molecule has 2 aliphatic heterocycles. The van der Waals surface area contributed by atoms with Crippen LogP contribution in [0.25, 0.3) is 0 Å². The lowest BCUT2D eigenvalue weighted by atomic mass is 10.1. The summed E-state index contributed by atoms with van der Waals surface area (Å²) in [6.45, 7) is 6.52. The van der Waals surface area contributed by atoms with Gasteiger partial charge >= 0.3 is 0 Å². The molecular formula is C15H21N3O2. The van der Waals surface area contributed by atoms with E-state index < -0.39 is 0 Å². The number of fused-ring (bicyclic) bond motifs is 1. The first-order valence-corrected chi connectivity index (χ1v) is 7.10. The van der Waals surface area contributed by atoms with Gasteiger partial charge in [-0.1, -0.05) is 0 Å². The fourth-order valence-corrected chi connectivity index (χ4v) is 3.06. The molecule has 20 heavy (non-hydrogen) atoms. The molecule has 0 spiro atoms. The van der Waals surface area contributed by atoms with Gasteiger partial charge in [0.1, 0.15) is 5.75 Å². The number of anilines is 2. The van der Waals surface area contributed by atoms with Gasteiger partial charge in [-0.3, -0.25) is 4.79 Å². The van der Waals surface area contributed by atoms with Gasteiger partial charge in [0.25, 0.3) is 5.91 Å². The molecule has 2 aliphatic rings. The molecule has 0 radical (unpaired) electrons. The molecule has 2 heterocycles. The monoisotopic (exact) mass is 275 g/mol. The molecule has 0 saturated carbocycles. The third-order valence-electron chi connectivity index (χ3n) is 4.16. The zero-order valence-electron chi connectivity index (χ0n) is 12.2. The molecule has 0 aliphatic carbocycles. The first kappa shape index (κ1) is 13.2. The molecule has 2 unspecified atom stereocenters. The number of ether oxygens (including phenoxy) is 1. The Balaban J connectivity index is 1.97. The minimum Gasteiger partial charge on any atom is -0.482 e. The Kier molecular flexibility index (Phi) is 3.30. The summed E-state index contributed by atoms with van der Waals surface area (Å²) < 4.78 is 5.48. The molecule has 1 aromatic carbocycles. The van der Waals surface area contributed by atoms with Gasteiger partial charge in [-0.2, -0.15) is 0 Å². The predicted molar refractivity (Wildman–Crippen MR) is 79.6 cm³/mol. The van der Waals surface area contributed by atoms with Crippen molar-refractivity contribution in [3.63, 3.8) is 0 Å². The highest BCUT2D eigenvalue weighted by molar-refractivity contribution is 5.97. The van der Waals surface area contributed by atoms with Crippen LogP contribution >= 0.6 is 0 Å². The van der Waals surface area contributed by atoms with Crippen molar-refractivity contribution in [2.24, 2.45) is 0 Å². The average molecular weight is 275 g/mol. The van der Waals surface area contributed by atoms with E-state index in [4.69, 9.17) is 4.74 Å². The van der Waals surface area contributed by atoms with E-state index in [-0.39, 0.29) is 12.5 Å². The maximum absolute atomic E-state index is 11.8. The van der Waals surface area contributed by atoms with Crippen LogP contribution in [0.1, 0.15) is 13.8 Å². The largest absolute Gasteiger partial charge is 0.482 e. The minimum atomic E-state index is -0.00365. The van der Waals surface area contributed by atoms with Gasteiger partial charge in [0.15, 0.2) is 6.61 Å². The smallest absolute Gasteiger partial charge is 0.264 e. The summed E-state index contributed by atoms with van der Waals surface area (Å²) in [7, 11) is 1.80. The Morgan fingerprint density at radius 3 is 2.65 bits per heavy atom. The number of carbonyl (C=O) groups excluding carboxylic acids is 1. The summed E-state index contributed by atoms with van der Waals surface area (Å²) in [4.78, 5) is 15.8. The molecule has 0 bridgehead atoms. The minimum absolute atomic E-state index is 0.00365. The van der Waals surface area contributed by atoms with E-state index in [0.717, 1.165) is 30.2 Å². The highest BCUT2D eigenvalue weighted by atomic mass is 16.5. The number of nitrogens with zero attached hydrogens (tertiary/aromatic N) is 2. The topological polar surface area (TPSA) is 44.8 Å². The Labute approximate surface area is 119 Å². The Bertz CT molecular complexity index is 522. The van der Waals surface area contributed by atoms with Crippen LogP contribution in [-0.4, -0.2) is 44.7 Å². The SMILES string of the molecule is CC1CNCC(C)N1c1ccc2c(c1)N(C)C(=O)CO2. The van der Waals surface area contributed by atoms with Crippen molar-refractivity contribution in [2.75, 3.05) is 36.5 Å². The van der Waals surface area contributed by atoms with Crippen molar-refractivity contribution in [3.8, 4) is 5.75 Å². The Morgan fingerprint density at radius 1 is 1.25 bits per heavy atom. The van der Waals surface area contributed by atoms with E-state index in [2.05, 4.69) is 36.2 Å². The van der Waals surface area contributed by atoms with E-state index in [0.29, 0.717) is 12.1 Å². The number of carbonyl (C=O) groups is 1. The Morgan fingerprint density at radius 2 is 1.95 bits per heavy atom. The third kappa shape index (κ3) is 2.12. The van der Waals surface area contributed by atoms with E-state index in [1.807, 2.05) is 6.07 Å². The fraction of sp³-hybridized carbons (Fsp3) is 0.533. The highest BCUT2D eigenvalue weighted by Crippen LogP contribution is 2.36. The van der Waals surface area contributed by atoms with Crippen molar-refractivity contribution in [2.45, 2.75) is 25.9 Å². The first-order valence-electron chi connectivity index (χ1n) is 7.10. The predicted octanol–water partition coefficient (Wildman–Crippen LogP) is 1.23. The maximum Gasteiger partial charge on any atom is 0.264 e. The fourth-order valence-electron chi connectivity index (χ4n) is 3.06. The van der Waals surface area contributed by atoms with Crippen LogP contribution in [0.5, 0.6) is 5.75 Å². The average Bonchev–Trinajstić information content (AvgIpc) is 2.43. The van der Waals surface area contributed by atoms with Gasteiger partial charge in [-0.25, -0.2) is 0 Å². The molecule has 1 amide bonds. The van der Waals surface area contributed by atoms with Crippen LogP contribution in [0.15, 0.2) is 18.2 Å². The second kappa shape index (κ2) is 4.98. The van der Waals surface area contributed by atoms with Gasteiger partial charge in [-0.05, 0) is 32.0 Å². The summed E-state index contributed by atoms with van der Waals surface area (Å²) in [5.41, 5.74) is 2.01. The summed E-state index contributed by atoms with van der Waals surface area (Å²) in [5.74, 6) is 0.780. The molecule has 1 aromatic rings. The zero-order chi connectivity index (χ0) is 14.3. The Hall–Kier alpha value is -1.75. The van der Waals surface area contributed by atoms with E-state index in [1.54, 1.807) is 11.9 Å². The highest BCUT2D eigenvalue weighted by Gasteiger charge is 2.27. The molecule has 1 fully saturated rings. The lowest BCUT2D eigenvalue weighted by Gasteiger charge is -2.42. The third-order valence-corrected chi connectivity index (χ3v) is 4.16. The van der Waals surface area contributed by atoms with Gasteiger partial charge in [-0.15, -0.1) is 0 Å². The molecule has 5 heteroatoms. The van der Waals surface area contributed by atoms with Gasteiger partial charge in [0, 0.05) is 37.9 Å². The van der Waals surface area contributed by atoms with Gasteiger partial charge < -0.3 is 19.9 Å². The summed E-state index contributed by atoms with van der Waals surface area (Å²) in [6.07, 6.45) is 0. The molecule has 3 rings (SSSR count). The van der Waals surface area contributed by atoms with Crippen LogP contribution in [0, 0.1) is 0 Å². The number of nitrogens with one attached hydrogen (secondary N) is 1. The van der Waals surface area contributed by atoms with E-state index in [9.17, 15) is 4.79 Å². The number of rotatable bonds is 1. The van der Waals surface area contributed by atoms with Crippen LogP contribution in [-0.2, 0) is 4.79 Å². The van der Waals surface area contributed by atoms with Crippen LogP contribution < -0.4 is 19.9 Å². The van der Waals surface area contributed by atoms with E-state index in [1.165, 1.54) is 0 Å². The zero-order valence-corrected chi connectivity index (χ0v) is 12.2. The van der Waals surface area contributed by atoms with Crippen LogP contribution in [0.2, 0.25) is 0 Å². The second-order valence-electron chi connectivity index (χ2n) is 5.66.